The molecule has 22 heavy (non-hydrogen) atoms. The van der Waals surface area contributed by atoms with Crippen LogP contribution in [-0.4, -0.2) is 0 Å². The molecule has 0 fully saturated rings. The van der Waals surface area contributed by atoms with E-state index >= 15 is 0 Å². The molecule has 0 aromatic heterocycles. The Morgan fingerprint density at radius 2 is 1.23 bits per heavy atom. The van der Waals surface area contributed by atoms with E-state index in [0.29, 0.717) is 5.56 Å². The number of fused-ring (bicyclic) bond motifs is 1. The third kappa shape index (κ3) is 3.12. The molecule has 0 nitrogen and oxygen atoms in total. The van der Waals surface area contributed by atoms with Gasteiger partial charge in [0.2, 0.25) is 0 Å². The first-order valence-electron chi connectivity index (χ1n) is 6.70. The van der Waals surface area contributed by atoms with E-state index in [-0.39, 0.29) is 0 Å². The Balaban J connectivity index is 1.87. The molecule has 3 rings (SSSR count). The first-order valence-corrected chi connectivity index (χ1v) is 6.70. The molecule has 0 spiro atoms. The minimum atomic E-state index is -4.32. The van der Waals surface area contributed by atoms with Gasteiger partial charge >= 0.3 is 6.18 Å². The lowest BCUT2D eigenvalue weighted by molar-refractivity contribution is -0.137. The van der Waals surface area contributed by atoms with E-state index in [2.05, 4.69) is 11.8 Å². The molecule has 0 N–H and O–H groups in total. The van der Waals surface area contributed by atoms with Crippen molar-refractivity contribution in [2.45, 2.75) is 6.18 Å². The monoisotopic (exact) mass is 296 g/mol. The van der Waals surface area contributed by atoms with Crippen molar-refractivity contribution in [3.8, 4) is 11.8 Å². The molecule has 108 valence electrons. The first-order chi connectivity index (χ1) is 10.5. The van der Waals surface area contributed by atoms with Gasteiger partial charge in [0.1, 0.15) is 0 Å². The highest BCUT2D eigenvalue weighted by Gasteiger charge is 2.29. The lowest BCUT2D eigenvalue weighted by Gasteiger charge is -2.05. The van der Waals surface area contributed by atoms with Crippen LogP contribution in [0.5, 0.6) is 0 Å². The standard InChI is InChI=1S/C19H11F3/c20-19(21,22)18-11-8-14(9-12-18)5-6-15-7-10-16-3-1-2-4-17(16)13-15/h1-4,7-13H. The zero-order valence-electron chi connectivity index (χ0n) is 11.5. The zero-order valence-corrected chi connectivity index (χ0v) is 11.5. The molecule has 0 aliphatic rings. The van der Waals surface area contributed by atoms with Crippen molar-refractivity contribution in [1.29, 1.82) is 0 Å². The van der Waals surface area contributed by atoms with Crippen LogP contribution in [0.3, 0.4) is 0 Å². The van der Waals surface area contributed by atoms with Crippen molar-refractivity contribution in [2.24, 2.45) is 0 Å². The van der Waals surface area contributed by atoms with Gasteiger partial charge in [-0.1, -0.05) is 42.2 Å². The van der Waals surface area contributed by atoms with Crippen LogP contribution in [0.2, 0.25) is 0 Å². The summed E-state index contributed by atoms with van der Waals surface area (Å²) in [6.45, 7) is 0. The van der Waals surface area contributed by atoms with Gasteiger partial charge < -0.3 is 0 Å². The molecule has 0 aliphatic carbocycles. The van der Waals surface area contributed by atoms with Gasteiger partial charge in [0.15, 0.2) is 0 Å². The summed E-state index contributed by atoms with van der Waals surface area (Å²) in [7, 11) is 0. The molecular weight excluding hydrogens is 285 g/mol. The molecule has 0 aliphatic heterocycles. The summed E-state index contributed by atoms with van der Waals surface area (Å²) >= 11 is 0. The molecule has 0 atom stereocenters. The molecule has 0 saturated carbocycles. The molecule has 3 heteroatoms. The van der Waals surface area contributed by atoms with Crippen molar-refractivity contribution >= 4 is 10.8 Å². The SMILES string of the molecule is FC(F)(F)c1ccc(C#Cc2ccc3ccccc3c2)cc1. The second kappa shape index (κ2) is 5.57. The molecule has 0 radical (unpaired) electrons. The second-order valence-electron chi connectivity index (χ2n) is 4.89. The van der Waals surface area contributed by atoms with Crippen LogP contribution in [-0.2, 0) is 6.18 Å². The van der Waals surface area contributed by atoms with Crippen LogP contribution in [0, 0.1) is 11.8 Å². The van der Waals surface area contributed by atoms with Gasteiger partial charge in [0.25, 0.3) is 0 Å². The minimum Gasteiger partial charge on any atom is -0.166 e. The van der Waals surface area contributed by atoms with E-state index in [1.807, 2.05) is 42.5 Å². The summed E-state index contributed by atoms with van der Waals surface area (Å²) in [5.74, 6) is 5.87. The summed E-state index contributed by atoms with van der Waals surface area (Å²) in [6, 6.07) is 18.6. The maximum absolute atomic E-state index is 12.5. The van der Waals surface area contributed by atoms with Gasteiger partial charge in [-0.2, -0.15) is 13.2 Å². The summed E-state index contributed by atoms with van der Waals surface area (Å²) in [6.07, 6.45) is -4.32. The molecule has 0 unspecified atom stereocenters. The van der Waals surface area contributed by atoms with Crippen molar-refractivity contribution in [3.63, 3.8) is 0 Å². The highest BCUT2D eigenvalue weighted by molar-refractivity contribution is 5.83. The molecule has 0 bridgehead atoms. The van der Waals surface area contributed by atoms with Crippen LogP contribution in [0.25, 0.3) is 10.8 Å². The predicted octanol–water partition coefficient (Wildman–Crippen LogP) is 5.26. The van der Waals surface area contributed by atoms with Crippen LogP contribution < -0.4 is 0 Å². The van der Waals surface area contributed by atoms with Gasteiger partial charge in [-0.25, -0.2) is 0 Å². The van der Waals surface area contributed by atoms with E-state index in [4.69, 9.17) is 0 Å². The average molecular weight is 296 g/mol. The van der Waals surface area contributed by atoms with E-state index in [9.17, 15) is 13.2 Å². The highest BCUT2D eigenvalue weighted by atomic mass is 19.4. The summed E-state index contributed by atoms with van der Waals surface area (Å²) in [5.41, 5.74) is 0.725. The summed E-state index contributed by atoms with van der Waals surface area (Å²) in [4.78, 5) is 0. The lowest BCUT2D eigenvalue weighted by atomic mass is 10.1. The number of alkyl halides is 3. The van der Waals surface area contributed by atoms with Gasteiger partial charge in [-0.15, -0.1) is 0 Å². The fraction of sp³-hybridized carbons (Fsp3) is 0.0526. The number of rotatable bonds is 0. The molecule has 0 heterocycles. The Hall–Kier alpha value is -2.73. The Labute approximate surface area is 126 Å². The Bertz CT molecular complexity index is 863. The van der Waals surface area contributed by atoms with Crippen molar-refractivity contribution in [1.82, 2.24) is 0 Å². The molecule has 0 saturated heterocycles. The molecule has 3 aromatic carbocycles. The van der Waals surface area contributed by atoms with Gasteiger partial charge in [-0.3, -0.25) is 0 Å². The van der Waals surface area contributed by atoms with E-state index in [1.165, 1.54) is 12.1 Å². The predicted molar refractivity (Wildman–Crippen MR) is 81.4 cm³/mol. The summed E-state index contributed by atoms with van der Waals surface area (Å²) in [5, 5.41) is 2.21. The van der Waals surface area contributed by atoms with Crippen molar-refractivity contribution in [3.05, 3.63) is 83.4 Å². The third-order valence-electron chi connectivity index (χ3n) is 3.31. The minimum absolute atomic E-state index is 0.557. The maximum atomic E-state index is 12.5. The van der Waals surface area contributed by atoms with Crippen LogP contribution in [0.1, 0.15) is 16.7 Å². The van der Waals surface area contributed by atoms with Gasteiger partial charge in [-0.05, 0) is 47.2 Å². The molecule has 0 amide bonds. The number of halogens is 3. The fourth-order valence-electron chi connectivity index (χ4n) is 2.15. The third-order valence-corrected chi connectivity index (χ3v) is 3.31. The topological polar surface area (TPSA) is 0 Å². The highest BCUT2D eigenvalue weighted by Crippen LogP contribution is 2.28. The van der Waals surface area contributed by atoms with E-state index in [0.717, 1.165) is 28.5 Å². The van der Waals surface area contributed by atoms with Crippen molar-refractivity contribution in [2.75, 3.05) is 0 Å². The Kier molecular flexibility index (Phi) is 3.60. The van der Waals surface area contributed by atoms with E-state index in [1.54, 1.807) is 0 Å². The normalized spacial score (nSPS) is 11.0. The van der Waals surface area contributed by atoms with Gasteiger partial charge in [0, 0.05) is 11.1 Å². The number of hydrogen-bond donors (Lipinski definition) is 0. The molecular formula is C19H11F3. The second-order valence-corrected chi connectivity index (χ2v) is 4.89. The van der Waals surface area contributed by atoms with Crippen LogP contribution >= 0.6 is 0 Å². The lowest BCUT2D eigenvalue weighted by Crippen LogP contribution is -2.04. The summed E-state index contributed by atoms with van der Waals surface area (Å²) < 4.78 is 37.4. The molecule has 3 aromatic rings. The zero-order chi connectivity index (χ0) is 15.6. The smallest absolute Gasteiger partial charge is 0.166 e. The number of benzene rings is 3. The van der Waals surface area contributed by atoms with E-state index < -0.39 is 11.7 Å². The maximum Gasteiger partial charge on any atom is 0.416 e. The quantitative estimate of drug-likeness (QED) is 0.496. The van der Waals surface area contributed by atoms with Gasteiger partial charge in [0.05, 0.1) is 5.56 Å². The van der Waals surface area contributed by atoms with Crippen molar-refractivity contribution < 1.29 is 13.2 Å². The van der Waals surface area contributed by atoms with Crippen LogP contribution in [0.15, 0.2) is 66.7 Å². The largest absolute Gasteiger partial charge is 0.416 e. The van der Waals surface area contributed by atoms with Crippen LogP contribution in [0.4, 0.5) is 13.2 Å². The number of hydrogen-bond acceptors (Lipinski definition) is 0. The average Bonchev–Trinajstić information content (AvgIpc) is 2.52. The fourth-order valence-corrected chi connectivity index (χ4v) is 2.15. The Morgan fingerprint density at radius 1 is 0.636 bits per heavy atom. The first kappa shape index (κ1) is 14.2. The Morgan fingerprint density at radius 3 is 1.91 bits per heavy atom.